The van der Waals surface area contributed by atoms with Crippen LogP contribution in [0.5, 0.6) is 0 Å². The van der Waals surface area contributed by atoms with Crippen molar-refractivity contribution in [3.8, 4) is 0 Å². The molecule has 0 spiro atoms. The fourth-order valence-electron chi connectivity index (χ4n) is 2.29. The maximum absolute atomic E-state index is 10.5. The molecule has 6 N–H and O–H groups in total. The summed E-state index contributed by atoms with van der Waals surface area (Å²) < 4.78 is 0. The third-order valence-electron chi connectivity index (χ3n) is 3.93. The van der Waals surface area contributed by atoms with E-state index in [0.717, 1.165) is 20.8 Å². The van der Waals surface area contributed by atoms with E-state index >= 15 is 0 Å². The van der Waals surface area contributed by atoms with Gasteiger partial charge in [0.15, 0.2) is 0 Å². The van der Waals surface area contributed by atoms with Crippen LogP contribution in [-0.2, 0) is 43.2 Å². The number of rotatable bonds is 15. The Morgan fingerprint density at radius 1 is 0.500 bits per heavy atom. The summed E-state index contributed by atoms with van der Waals surface area (Å²) in [7, 11) is 0. The first-order valence-corrected chi connectivity index (χ1v) is 10.9. The molecule has 0 saturated carbocycles. The number of aliphatic carboxylic acids is 6. The maximum Gasteiger partial charge on any atom is 3.00 e. The van der Waals surface area contributed by atoms with Crippen LogP contribution in [0.25, 0.3) is 0 Å². The van der Waals surface area contributed by atoms with Crippen LogP contribution in [0.15, 0.2) is 0 Å². The number of carbonyl (C=O) groups excluding carboxylic acids is 6. The van der Waals surface area contributed by atoms with Gasteiger partial charge in [-0.3, -0.25) is 28.8 Å². The molecule has 0 rings (SSSR count). The minimum absolute atomic E-state index is 0. The van der Waals surface area contributed by atoms with Crippen molar-refractivity contribution < 1.29 is 73.8 Å². The van der Waals surface area contributed by atoms with Gasteiger partial charge in [-0.15, -0.1) is 0 Å². The molecule has 0 fully saturated rings. The molecule has 40 heavy (non-hydrogen) atoms. The van der Waals surface area contributed by atoms with Crippen molar-refractivity contribution in [2.75, 3.05) is 0 Å². The molecule has 0 heterocycles. The average Bonchev–Trinajstić information content (AvgIpc) is 2.76. The van der Waals surface area contributed by atoms with Crippen LogP contribution < -0.4 is 31.3 Å². The molecule has 0 aliphatic carbocycles. The van der Waals surface area contributed by atoms with E-state index in [0.29, 0.717) is 0 Å². The zero-order valence-corrected chi connectivity index (χ0v) is 22.9. The largest absolute Gasteiger partial charge is 3.00 e. The predicted molar refractivity (Wildman–Crippen MR) is 124 cm³/mol. The van der Waals surface area contributed by atoms with E-state index in [2.05, 4.69) is 16.0 Å². The number of amides is 3. The van der Waals surface area contributed by atoms with Crippen LogP contribution in [0, 0.1) is 0 Å². The summed E-state index contributed by atoms with van der Waals surface area (Å²) in [5.74, 6) is -9.35. The Balaban J connectivity index is -0.000000240. The Labute approximate surface area is 238 Å². The second kappa shape index (κ2) is 23.8. The van der Waals surface area contributed by atoms with Gasteiger partial charge in [-0.05, 0) is 19.3 Å². The molecule has 3 atom stereocenters. The Hall–Kier alpha value is -4.24. The van der Waals surface area contributed by atoms with Crippen molar-refractivity contribution in [3.05, 3.63) is 0 Å². The molecule has 3 amide bonds. The van der Waals surface area contributed by atoms with Crippen LogP contribution >= 0.6 is 0 Å². The number of hydrogen-bond acceptors (Lipinski definition) is 12. The average molecular weight is 591 g/mol. The number of carboxylic acids is 6. The molecule has 19 heteroatoms. The Bertz CT molecular complexity index is 796. The van der Waals surface area contributed by atoms with Gasteiger partial charge in [0.25, 0.3) is 0 Å². The molecule has 0 aliphatic heterocycles. The van der Waals surface area contributed by atoms with Crippen molar-refractivity contribution in [1.82, 2.24) is 16.0 Å². The van der Waals surface area contributed by atoms with E-state index in [4.69, 9.17) is 15.3 Å². The molecule has 0 aliphatic rings. The minimum Gasteiger partial charge on any atom is -0.548 e. The van der Waals surface area contributed by atoms with Gasteiger partial charge in [0.2, 0.25) is 17.7 Å². The van der Waals surface area contributed by atoms with E-state index in [9.17, 15) is 58.5 Å². The molecule has 222 valence electrons. The summed E-state index contributed by atoms with van der Waals surface area (Å²) in [5, 5.41) is 62.0. The molecule has 0 saturated heterocycles. The van der Waals surface area contributed by atoms with Gasteiger partial charge in [0, 0.05) is 40.0 Å². The summed E-state index contributed by atoms with van der Waals surface area (Å²) in [6, 6.07) is -3.68. The van der Waals surface area contributed by atoms with Gasteiger partial charge in [0.05, 0.1) is 36.0 Å². The monoisotopic (exact) mass is 591 g/mol. The quantitative estimate of drug-likeness (QED) is 0.0965. The molecular formula is C21H30AlN3O15. The Morgan fingerprint density at radius 2 is 0.675 bits per heavy atom. The molecule has 0 aromatic heterocycles. The third kappa shape index (κ3) is 30.0. The first-order chi connectivity index (χ1) is 17.8. The molecule has 0 bridgehead atoms. The van der Waals surface area contributed by atoms with Gasteiger partial charge in [-0.1, -0.05) is 0 Å². The van der Waals surface area contributed by atoms with Crippen LogP contribution in [0.1, 0.15) is 59.3 Å². The number of carbonyl (C=O) groups is 9. The van der Waals surface area contributed by atoms with Crippen molar-refractivity contribution >= 4 is 70.9 Å². The summed E-state index contributed by atoms with van der Waals surface area (Å²) in [6.45, 7) is 3.45. The van der Waals surface area contributed by atoms with Gasteiger partial charge < -0.3 is 61.0 Å². The fraction of sp³-hybridized carbons (Fsp3) is 0.571. The number of carboxylic acid groups (broad SMARTS) is 6. The van der Waals surface area contributed by atoms with Gasteiger partial charge >= 0.3 is 35.3 Å². The van der Waals surface area contributed by atoms with E-state index in [1.54, 1.807) is 0 Å². The summed E-state index contributed by atoms with van der Waals surface area (Å²) >= 11 is 0. The van der Waals surface area contributed by atoms with Crippen molar-refractivity contribution in [1.29, 1.82) is 0 Å². The first-order valence-electron chi connectivity index (χ1n) is 10.9. The zero-order chi connectivity index (χ0) is 31.3. The van der Waals surface area contributed by atoms with Crippen molar-refractivity contribution in [2.24, 2.45) is 0 Å². The van der Waals surface area contributed by atoms with Crippen LogP contribution in [0.4, 0.5) is 0 Å². The van der Waals surface area contributed by atoms with Gasteiger partial charge in [-0.2, -0.15) is 0 Å². The minimum atomic E-state index is -1.48. The SMILES string of the molecule is CC(=O)N[C@@H](CCC(=O)O)C(=O)[O-].CC(=O)N[C@@H](CCC(=O)O)C(=O)[O-].CC(=O)N[C@@H](CCC(=O)O)C(=O)[O-].[Al+3]. The molecule has 0 radical (unpaired) electrons. The Morgan fingerprint density at radius 3 is 0.775 bits per heavy atom. The second-order valence-electron chi connectivity index (χ2n) is 7.51. The van der Waals surface area contributed by atoms with Crippen LogP contribution in [0.2, 0.25) is 0 Å². The van der Waals surface area contributed by atoms with E-state index < -0.39 is 71.7 Å². The molecular weight excluding hydrogens is 561 g/mol. The molecule has 0 unspecified atom stereocenters. The zero-order valence-electron chi connectivity index (χ0n) is 21.8. The molecule has 0 aromatic rings. The maximum atomic E-state index is 10.5. The topological polar surface area (TPSA) is 320 Å². The van der Waals surface area contributed by atoms with E-state index in [1.165, 1.54) is 0 Å². The predicted octanol–water partition coefficient (Wildman–Crippen LogP) is -6.06. The van der Waals surface area contributed by atoms with E-state index in [-0.39, 0.29) is 55.9 Å². The van der Waals surface area contributed by atoms with Gasteiger partial charge in [-0.25, -0.2) is 0 Å². The summed E-state index contributed by atoms with van der Waals surface area (Å²) in [4.78, 5) is 92.6. The third-order valence-corrected chi connectivity index (χ3v) is 3.93. The smallest absolute Gasteiger partial charge is 0.548 e. The van der Waals surface area contributed by atoms with Crippen molar-refractivity contribution in [2.45, 2.75) is 77.4 Å². The van der Waals surface area contributed by atoms with Crippen LogP contribution in [-0.4, -0.2) is 104 Å². The Kier molecular flexibility index (Phi) is 25.5. The standard InChI is InChI=1S/3C7H11NO5.Al/c3*1-4(9)8-5(7(12)13)2-3-6(10)11;/h3*5H,2-3H2,1H3,(H,8,9)(H,10,11)(H,12,13);/q;;;+3/p-3/t3*5-;/m000./s1. The first kappa shape index (κ1) is 42.8. The number of hydrogen-bond donors (Lipinski definition) is 6. The molecule has 0 aromatic carbocycles. The van der Waals surface area contributed by atoms with E-state index in [1.807, 2.05) is 0 Å². The fourth-order valence-corrected chi connectivity index (χ4v) is 2.29. The van der Waals surface area contributed by atoms with Crippen molar-refractivity contribution in [3.63, 3.8) is 0 Å². The normalized spacial score (nSPS) is 11.5. The summed E-state index contributed by atoms with van der Waals surface area (Å²) in [5.41, 5.74) is 0. The number of nitrogens with one attached hydrogen (secondary N) is 3. The molecule has 18 nitrogen and oxygen atoms in total. The van der Waals surface area contributed by atoms with Crippen LogP contribution in [0.3, 0.4) is 0 Å². The summed E-state index contributed by atoms with van der Waals surface area (Å²) in [6.07, 6.45) is -1.47. The van der Waals surface area contributed by atoms with Gasteiger partial charge in [0.1, 0.15) is 0 Å². The second-order valence-corrected chi connectivity index (χ2v) is 7.51.